The molecule has 6 heteroatoms. The average Bonchev–Trinajstić information content (AvgIpc) is 2.67. The molecule has 2 rings (SSSR count). The van der Waals surface area contributed by atoms with E-state index in [4.69, 9.17) is 4.74 Å². The summed E-state index contributed by atoms with van der Waals surface area (Å²) < 4.78 is 7.12. The van der Waals surface area contributed by atoms with E-state index in [-0.39, 0.29) is 0 Å². The topological polar surface area (TPSA) is 64.9 Å². The first kappa shape index (κ1) is 10.6. The van der Waals surface area contributed by atoms with Gasteiger partial charge in [0.15, 0.2) is 5.75 Å². The van der Waals surface area contributed by atoms with Gasteiger partial charge in [-0.15, -0.1) is 5.10 Å². The molecule has 16 heavy (non-hydrogen) atoms. The molecular weight excluding hydrogens is 206 g/mol. The fourth-order valence-corrected chi connectivity index (χ4v) is 1.30. The quantitative estimate of drug-likeness (QED) is 0.820. The minimum atomic E-state index is 0.327. The maximum Gasteiger partial charge on any atom is 0.341 e. The third-order valence-electron chi connectivity index (χ3n) is 2.02. The summed E-state index contributed by atoms with van der Waals surface area (Å²) in [5.74, 6) is 0.669. The van der Waals surface area contributed by atoms with Crippen LogP contribution in [-0.2, 0) is 13.6 Å². The van der Waals surface area contributed by atoms with Gasteiger partial charge in [-0.3, -0.25) is 9.67 Å². The third kappa shape index (κ3) is 2.34. The molecule has 0 unspecified atom stereocenters. The van der Waals surface area contributed by atoms with Crippen molar-refractivity contribution in [2.75, 3.05) is 7.05 Å². The molecule has 0 aromatic carbocycles. The Balaban J connectivity index is 2.20. The molecule has 0 aliphatic rings. The highest BCUT2D eigenvalue weighted by Gasteiger charge is 2.06. The van der Waals surface area contributed by atoms with Crippen LogP contribution >= 0.6 is 0 Å². The van der Waals surface area contributed by atoms with Crippen molar-refractivity contribution < 1.29 is 4.74 Å². The summed E-state index contributed by atoms with van der Waals surface area (Å²) in [7, 11) is 3.67. The number of pyridine rings is 1. The van der Waals surface area contributed by atoms with Crippen molar-refractivity contribution in [3.05, 3.63) is 30.4 Å². The van der Waals surface area contributed by atoms with Crippen molar-refractivity contribution in [3.8, 4) is 11.8 Å². The second-order valence-electron chi connectivity index (χ2n) is 3.32. The number of hydrogen-bond donors (Lipinski definition) is 1. The van der Waals surface area contributed by atoms with Crippen LogP contribution in [0.15, 0.2) is 24.8 Å². The number of nitrogens with zero attached hydrogens (tertiary/aromatic N) is 4. The molecular formula is C10H13N5O. The summed E-state index contributed by atoms with van der Waals surface area (Å²) in [5, 5.41) is 7.10. The van der Waals surface area contributed by atoms with Crippen LogP contribution in [-0.4, -0.2) is 26.8 Å². The van der Waals surface area contributed by atoms with E-state index in [9.17, 15) is 0 Å². The first-order valence-electron chi connectivity index (χ1n) is 4.90. The summed E-state index contributed by atoms with van der Waals surface area (Å²) in [6, 6.07) is 2.22. The number of ether oxygens (including phenoxy) is 1. The first-order valence-corrected chi connectivity index (χ1v) is 4.90. The number of aryl methyl sites for hydroxylation is 1. The molecule has 0 atom stereocenters. The Morgan fingerprint density at radius 1 is 1.50 bits per heavy atom. The fourth-order valence-electron chi connectivity index (χ4n) is 1.30. The van der Waals surface area contributed by atoms with Crippen molar-refractivity contribution in [1.82, 2.24) is 25.1 Å². The lowest BCUT2D eigenvalue weighted by atomic mass is 10.2. The van der Waals surface area contributed by atoms with Crippen molar-refractivity contribution in [2.24, 2.45) is 7.05 Å². The largest absolute Gasteiger partial charge is 0.421 e. The molecule has 0 amide bonds. The van der Waals surface area contributed by atoms with Crippen LogP contribution in [0.25, 0.3) is 0 Å². The number of hydrogen-bond acceptors (Lipinski definition) is 5. The molecule has 0 aliphatic heterocycles. The Morgan fingerprint density at radius 2 is 2.38 bits per heavy atom. The summed E-state index contributed by atoms with van der Waals surface area (Å²) >= 11 is 0. The van der Waals surface area contributed by atoms with Gasteiger partial charge in [0.2, 0.25) is 0 Å². The highest BCUT2D eigenvalue weighted by molar-refractivity contribution is 5.31. The molecule has 6 nitrogen and oxygen atoms in total. The molecule has 2 heterocycles. The highest BCUT2D eigenvalue weighted by Crippen LogP contribution is 2.20. The summed E-state index contributed by atoms with van der Waals surface area (Å²) in [5.41, 5.74) is 1.02. The second kappa shape index (κ2) is 4.71. The van der Waals surface area contributed by atoms with E-state index in [1.54, 1.807) is 30.5 Å². The van der Waals surface area contributed by atoms with Gasteiger partial charge in [0.25, 0.3) is 0 Å². The van der Waals surface area contributed by atoms with E-state index in [1.165, 1.54) is 0 Å². The molecule has 0 saturated carbocycles. The molecule has 0 radical (unpaired) electrons. The maximum absolute atomic E-state index is 5.54. The number of rotatable bonds is 4. The molecule has 2 aromatic rings. The van der Waals surface area contributed by atoms with Gasteiger partial charge in [-0.2, -0.15) is 4.98 Å². The van der Waals surface area contributed by atoms with Gasteiger partial charge < -0.3 is 10.1 Å². The van der Waals surface area contributed by atoms with Gasteiger partial charge >= 0.3 is 6.01 Å². The van der Waals surface area contributed by atoms with Crippen LogP contribution in [0.1, 0.15) is 5.56 Å². The Bertz CT molecular complexity index is 468. The molecule has 2 aromatic heterocycles. The third-order valence-corrected chi connectivity index (χ3v) is 2.02. The fraction of sp³-hybridized carbons (Fsp3) is 0.300. The van der Waals surface area contributed by atoms with Gasteiger partial charge in [0, 0.05) is 25.4 Å². The number of aromatic nitrogens is 4. The minimum Gasteiger partial charge on any atom is -0.421 e. The van der Waals surface area contributed by atoms with Gasteiger partial charge in [0.05, 0.1) is 6.20 Å². The molecule has 0 bridgehead atoms. The Morgan fingerprint density at radius 3 is 3.06 bits per heavy atom. The van der Waals surface area contributed by atoms with Crippen LogP contribution in [0.3, 0.4) is 0 Å². The van der Waals surface area contributed by atoms with Crippen LogP contribution in [0, 0.1) is 0 Å². The highest BCUT2D eigenvalue weighted by atomic mass is 16.5. The van der Waals surface area contributed by atoms with E-state index < -0.39 is 0 Å². The first-order chi connectivity index (χ1) is 7.79. The summed E-state index contributed by atoms with van der Waals surface area (Å²) in [6.45, 7) is 0.713. The molecule has 0 saturated heterocycles. The smallest absolute Gasteiger partial charge is 0.341 e. The monoisotopic (exact) mass is 219 g/mol. The standard InChI is InChI=1S/C10H13N5O/c1-11-5-8-3-4-12-6-9(8)16-10-13-7-15(2)14-10/h3-4,6-7,11H,5H2,1-2H3. The molecule has 0 aliphatic carbocycles. The molecule has 1 N–H and O–H groups in total. The van der Waals surface area contributed by atoms with E-state index >= 15 is 0 Å². The second-order valence-corrected chi connectivity index (χ2v) is 3.32. The summed E-state index contributed by atoms with van der Waals surface area (Å²) in [4.78, 5) is 8.01. The van der Waals surface area contributed by atoms with Crippen molar-refractivity contribution in [3.63, 3.8) is 0 Å². The Hall–Kier alpha value is -1.95. The zero-order valence-corrected chi connectivity index (χ0v) is 9.21. The lowest BCUT2D eigenvalue weighted by Crippen LogP contribution is -2.06. The van der Waals surface area contributed by atoms with Crippen molar-refractivity contribution in [1.29, 1.82) is 0 Å². The zero-order chi connectivity index (χ0) is 11.4. The predicted molar refractivity (Wildman–Crippen MR) is 58.1 cm³/mol. The summed E-state index contributed by atoms with van der Waals surface area (Å²) in [6.07, 6.45) is 4.97. The van der Waals surface area contributed by atoms with E-state index in [1.807, 2.05) is 13.1 Å². The Kier molecular flexibility index (Phi) is 3.11. The zero-order valence-electron chi connectivity index (χ0n) is 9.21. The average molecular weight is 219 g/mol. The SMILES string of the molecule is CNCc1ccncc1Oc1ncn(C)n1. The molecule has 84 valence electrons. The van der Waals surface area contributed by atoms with E-state index in [0.717, 1.165) is 5.56 Å². The van der Waals surface area contributed by atoms with Crippen LogP contribution in [0.2, 0.25) is 0 Å². The van der Waals surface area contributed by atoms with Crippen LogP contribution < -0.4 is 10.1 Å². The maximum atomic E-state index is 5.54. The normalized spacial score (nSPS) is 10.4. The minimum absolute atomic E-state index is 0.327. The van der Waals surface area contributed by atoms with Crippen LogP contribution in [0.5, 0.6) is 11.8 Å². The number of nitrogens with one attached hydrogen (secondary N) is 1. The van der Waals surface area contributed by atoms with Crippen molar-refractivity contribution in [2.45, 2.75) is 6.54 Å². The molecule has 0 spiro atoms. The van der Waals surface area contributed by atoms with Gasteiger partial charge in [-0.25, -0.2) is 0 Å². The van der Waals surface area contributed by atoms with E-state index in [2.05, 4.69) is 20.4 Å². The van der Waals surface area contributed by atoms with Gasteiger partial charge in [-0.1, -0.05) is 0 Å². The lowest BCUT2D eigenvalue weighted by Gasteiger charge is -2.06. The lowest BCUT2D eigenvalue weighted by molar-refractivity contribution is 0.430. The molecule has 0 fully saturated rings. The van der Waals surface area contributed by atoms with Crippen LogP contribution in [0.4, 0.5) is 0 Å². The Labute approximate surface area is 93.3 Å². The van der Waals surface area contributed by atoms with Crippen molar-refractivity contribution >= 4 is 0 Å². The van der Waals surface area contributed by atoms with Gasteiger partial charge in [0.1, 0.15) is 6.33 Å². The predicted octanol–water partition coefficient (Wildman–Crippen LogP) is 0.722. The van der Waals surface area contributed by atoms with Gasteiger partial charge in [-0.05, 0) is 13.1 Å². The van der Waals surface area contributed by atoms with E-state index in [0.29, 0.717) is 18.3 Å².